The molecule has 1 aromatic heterocycles. The van der Waals surface area contributed by atoms with Gasteiger partial charge in [0.2, 0.25) is 10.0 Å². The van der Waals surface area contributed by atoms with Gasteiger partial charge in [0.05, 0.1) is 25.3 Å². The Hall–Kier alpha value is -3.59. The normalized spacial score (nSPS) is 11.5. The van der Waals surface area contributed by atoms with E-state index in [0.717, 1.165) is 33.2 Å². The monoisotopic (exact) mass is 454 g/mol. The fourth-order valence-electron chi connectivity index (χ4n) is 3.38. The van der Waals surface area contributed by atoms with Crippen molar-refractivity contribution in [2.45, 2.75) is 13.8 Å². The number of methoxy groups -OCH3 is 1. The van der Waals surface area contributed by atoms with E-state index >= 15 is 0 Å². The molecule has 8 nitrogen and oxygen atoms in total. The van der Waals surface area contributed by atoms with Gasteiger partial charge in [-0.25, -0.2) is 13.8 Å². The lowest BCUT2D eigenvalue weighted by Crippen LogP contribution is -2.39. The van der Waals surface area contributed by atoms with E-state index in [1.165, 1.54) is 7.11 Å². The van der Waals surface area contributed by atoms with Crippen molar-refractivity contribution in [3.05, 3.63) is 77.6 Å². The Bertz CT molecular complexity index is 1220. The molecule has 3 aromatic rings. The molecule has 0 spiro atoms. The van der Waals surface area contributed by atoms with Gasteiger partial charge in [0.15, 0.2) is 0 Å². The van der Waals surface area contributed by atoms with Crippen LogP contribution in [0.5, 0.6) is 5.75 Å². The van der Waals surface area contributed by atoms with Crippen LogP contribution in [0.15, 0.2) is 65.8 Å². The topological polar surface area (TPSA) is 93.0 Å². The third kappa shape index (κ3) is 5.36. The summed E-state index contributed by atoms with van der Waals surface area (Å²) in [7, 11) is -2.15. The lowest BCUT2D eigenvalue weighted by atomic mass is 10.2. The number of rotatable bonds is 8. The number of aromatic nitrogens is 1. The second-order valence-corrected chi connectivity index (χ2v) is 9.17. The molecule has 32 heavy (non-hydrogen) atoms. The number of aryl methyl sites for hydroxylation is 1. The minimum absolute atomic E-state index is 0.360. The van der Waals surface area contributed by atoms with E-state index in [1.807, 2.05) is 50.2 Å². The molecule has 0 atom stereocenters. The van der Waals surface area contributed by atoms with E-state index in [1.54, 1.807) is 30.5 Å². The maximum Gasteiger partial charge on any atom is 0.260 e. The molecule has 9 heteroatoms. The first-order valence-electron chi connectivity index (χ1n) is 9.88. The number of carbonyl (C=O) groups excluding carboxylic acids is 1. The van der Waals surface area contributed by atoms with Crippen LogP contribution in [0.3, 0.4) is 0 Å². The maximum atomic E-state index is 12.4. The summed E-state index contributed by atoms with van der Waals surface area (Å²) in [5.74, 6) is 0.0312. The highest BCUT2D eigenvalue weighted by molar-refractivity contribution is 7.92. The zero-order chi connectivity index (χ0) is 23.3. The number of hydrogen-bond donors (Lipinski definition) is 1. The van der Waals surface area contributed by atoms with Gasteiger partial charge in [0.1, 0.15) is 12.3 Å². The lowest BCUT2D eigenvalue weighted by molar-refractivity contribution is -0.119. The molecule has 0 bridgehead atoms. The first-order chi connectivity index (χ1) is 15.2. The lowest BCUT2D eigenvalue weighted by Gasteiger charge is -2.21. The van der Waals surface area contributed by atoms with E-state index < -0.39 is 22.5 Å². The van der Waals surface area contributed by atoms with E-state index in [4.69, 9.17) is 4.74 Å². The van der Waals surface area contributed by atoms with Crippen molar-refractivity contribution in [1.82, 2.24) is 9.99 Å². The highest BCUT2D eigenvalue weighted by Crippen LogP contribution is 2.21. The Kier molecular flexibility index (Phi) is 6.99. The number of para-hydroxylation sites is 1. The molecular formula is C23H26N4O4S. The molecule has 2 aromatic carbocycles. The quantitative estimate of drug-likeness (QED) is 0.418. The van der Waals surface area contributed by atoms with E-state index in [-0.39, 0.29) is 0 Å². The highest BCUT2D eigenvalue weighted by atomic mass is 32.2. The molecule has 1 N–H and O–H groups in total. The third-order valence-corrected chi connectivity index (χ3v) is 6.07. The van der Waals surface area contributed by atoms with Gasteiger partial charge >= 0.3 is 0 Å². The smallest absolute Gasteiger partial charge is 0.260 e. The van der Waals surface area contributed by atoms with Crippen molar-refractivity contribution in [2.24, 2.45) is 5.10 Å². The summed E-state index contributed by atoms with van der Waals surface area (Å²) in [6, 6.07) is 18.3. The molecule has 1 amide bonds. The van der Waals surface area contributed by atoms with Gasteiger partial charge in [-0.05, 0) is 56.3 Å². The molecule has 0 aliphatic rings. The van der Waals surface area contributed by atoms with E-state index in [2.05, 4.69) is 15.1 Å². The minimum Gasteiger partial charge on any atom is -0.497 e. The highest BCUT2D eigenvalue weighted by Gasteiger charge is 2.20. The molecule has 0 saturated carbocycles. The average Bonchev–Trinajstić information content (AvgIpc) is 3.05. The van der Waals surface area contributed by atoms with Crippen LogP contribution in [0, 0.1) is 13.8 Å². The number of carbonyl (C=O) groups is 1. The van der Waals surface area contributed by atoms with Crippen LogP contribution in [-0.2, 0) is 14.8 Å². The van der Waals surface area contributed by atoms with Gasteiger partial charge < -0.3 is 9.30 Å². The number of hydrazone groups is 1. The predicted molar refractivity (Wildman–Crippen MR) is 126 cm³/mol. The first-order valence-corrected chi connectivity index (χ1v) is 11.7. The molecule has 0 aliphatic heterocycles. The Labute approximate surface area is 188 Å². The number of nitrogens with zero attached hydrogens (tertiary/aromatic N) is 3. The SMILES string of the molecule is COc1ccc(N(CC(=O)N/N=C/c2cc(C)n(-c3ccccc3)c2C)S(C)(=O)=O)cc1. The summed E-state index contributed by atoms with van der Waals surface area (Å²) in [6.45, 7) is 3.57. The average molecular weight is 455 g/mol. The Balaban J connectivity index is 1.72. The first kappa shape index (κ1) is 23.1. The van der Waals surface area contributed by atoms with Crippen LogP contribution in [0.25, 0.3) is 5.69 Å². The van der Waals surface area contributed by atoms with E-state index in [0.29, 0.717) is 11.4 Å². The van der Waals surface area contributed by atoms with Crippen molar-refractivity contribution in [3.63, 3.8) is 0 Å². The van der Waals surface area contributed by atoms with Gasteiger partial charge in [-0.2, -0.15) is 5.10 Å². The number of amides is 1. The second-order valence-electron chi connectivity index (χ2n) is 7.26. The van der Waals surface area contributed by atoms with Gasteiger partial charge in [-0.1, -0.05) is 18.2 Å². The van der Waals surface area contributed by atoms with Crippen molar-refractivity contribution < 1.29 is 17.9 Å². The molecule has 168 valence electrons. The number of anilines is 1. The summed E-state index contributed by atoms with van der Waals surface area (Å²) in [6.07, 6.45) is 2.60. The summed E-state index contributed by atoms with van der Waals surface area (Å²) in [5.41, 5.74) is 6.66. The Morgan fingerprint density at radius 3 is 2.38 bits per heavy atom. The Morgan fingerprint density at radius 2 is 1.78 bits per heavy atom. The number of ether oxygens (including phenoxy) is 1. The minimum atomic E-state index is -3.67. The van der Waals surface area contributed by atoms with Gasteiger partial charge in [0, 0.05) is 22.6 Å². The van der Waals surface area contributed by atoms with Crippen molar-refractivity contribution in [1.29, 1.82) is 0 Å². The molecule has 0 fully saturated rings. The summed E-state index contributed by atoms with van der Waals surface area (Å²) < 4.78 is 32.6. The van der Waals surface area contributed by atoms with Crippen LogP contribution < -0.4 is 14.5 Å². The standard InChI is InChI=1S/C23H26N4O4S/c1-17-14-19(18(2)27(17)21-8-6-5-7-9-21)15-24-25-23(28)16-26(32(4,29)30)20-10-12-22(31-3)13-11-20/h5-15H,16H2,1-4H3,(H,25,28)/b24-15+. The van der Waals surface area contributed by atoms with Gasteiger partial charge in [0.25, 0.3) is 5.91 Å². The van der Waals surface area contributed by atoms with Crippen molar-refractivity contribution >= 4 is 27.8 Å². The zero-order valence-corrected chi connectivity index (χ0v) is 19.3. The third-order valence-electron chi connectivity index (χ3n) is 4.93. The van der Waals surface area contributed by atoms with Crippen LogP contribution in [0.4, 0.5) is 5.69 Å². The maximum absolute atomic E-state index is 12.4. The van der Waals surface area contributed by atoms with Crippen LogP contribution in [-0.4, -0.2) is 45.0 Å². The largest absolute Gasteiger partial charge is 0.497 e. The number of nitrogens with one attached hydrogen (secondary N) is 1. The molecular weight excluding hydrogens is 428 g/mol. The molecule has 0 saturated heterocycles. The molecule has 0 unspecified atom stereocenters. The van der Waals surface area contributed by atoms with Crippen LogP contribution >= 0.6 is 0 Å². The fraction of sp³-hybridized carbons (Fsp3) is 0.217. The van der Waals surface area contributed by atoms with Crippen molar-refractivity contribution in [2.75, 3.05) is 24.2 Å². The second kappa shape index (κ2) is 9.69. The van der Waals surface area contributed by atoms with Crippen LogP contribution in [0.2, 0.25) is 0 Å². The molecule has 0 radical (unpaired) electrons. The Morgan fingerprint density at radius 1 is 1.12 bits per heavy atom. The number of benzene rings is 2. The fourth-order valence-corrected chi connectivity index (χ4v) is 4.24. The van der Waals surface area contributed by atoms with Gasteiger partial charge in [-0.15, -0.1) is 0 Å². The van der Waals surface area contributed by atoms with Crippen molar-refractivity contribution in [3.8, 4) is 11.4 Å². The zero-order valence-electron chi connectivity index (χ0n) is 18.4. The number of hydrogen-bond acceptors (Lipinski definition) is 5. The van der Waals surface area contributed by atoms with Crippen LogP contribution in [0.1, 0.15) is 17.0 Å². The van der Waals surface area contributed by atoms with Gasteiger partial charge in [-0.3, -0.25) is 9.10 Å². The number of sulfonamides is 1. The van der Waals surface area contributed by atoms with E-state index in [9.17, 15) is 13.2 Å². The molecule has 3 rings (SSSR count). The predicted octanol–water partition coefficient (Wildman–Crippen LogP) is 3.02. The molecule has 0 aliphatic carbocycles. The summed E-state index contributed by atoms with van der Waals surface area (Å²) >= 11 is 0. The molecule has 1 heterocycles. The summed E-state index contributed by atoms with van der Waals surface area (Å²) in [5, 5.41) is 4.03. The summed E-state index contributed by atoms with van der Waals surface area (Å²) in [4.78, 5) is 12.4.